The number of amides is 1. The molecule has 0 bridgehead atoms. The van der Waals surface area contributed by atoms with Gasteiger partial charge < -0.3 is 15.5 Å². The molecule has 3 N–H and O–H groups in total. The Bertz CT molecular complexity index is 609. The predicted molar refractivity (Wildman–Crippen MR) is 161 cm³/mol. The van der Waals surface area contributed by atoms with Crippen molar-refractivity contribution < 1.29 is 15.0 Å². The van der Waals surface area contributed by atoms with Crippen LogP contribution in [0.4, 0.5) is 0 Å². The van der Waals surface area contributed by atoms with Gasteiger partial charge in [0, 0.05) is 6.42 Å². The summed E-state index contributed by atoms with van der Waals surface area (Å²) in [4.78, 5) is 12.2. The van der Waals surface area contributed by atoms with Crippen molar-refractivity contribution >= 4 is 5.91 Å². The molecule has 37 heavy (non-hydrogen) atoms. The molecule has 0 aromatic carbocycles. The van der Waals surface area contributed by atoms with Crippen molar-refractivity contribution in [1.29, 1.82) is 0 Å². The molecular formula is C33H59NO3. The summed E-state index contributed by atoms with van der Waals surface area (Å²) in [5.41, 5.74) is 0. The van der Waals surface area contributed by atoms with Crippen molar-refractivity contribution in [2.24, 2.45) is 0 Å². The number of allylic oxidation sites excluding steroid dienone is 7. The van der Waals surface area contributed by atoms with Crippen LogP contribution in [0.1, 0.15) is 136 Å². The average molecular weight is 518 g/mol. The van der Waals surface area contributed by atoms with E-state index < -0.39 is 12.1 Å². The van der Waals surface area contributed by atoms with Crippen LogP contribution in [-0.4, -0.2) is 34.9 Å². The van der Waals surface area contributed by atoms with E-state index >= 15 is 0 Å². The zero-order valence-corrected chi connectivity index (χ0v) is 24.2. The summed E-state index contributed by atoms with van der Waals surface area (Å²) >= 11 is 0. The number of aliphatic hydroxyl groups is 2. The third-order valence-corrected chi connectivity index (χ3v) is 6.53. The Kier molecular flexibility index (Phi) is 27.6. The molecule has 2 atom stereocenters. The standard InChI is InChI=1S/C33H59NO3/c1-3-5-7-9-11-13-14-15-16-17-18-19-20-21-23-25-27-29-33(37)34-31(30-35)32(36)28-26-24-22-12-10-8-6-4-2/h10-13,15-16,26,28,31-32,35-36H,3-9,14,17-25,27,29-30H2,1-2H3,(H,34,37)/b12-10+,13-11-,16-15-,28-26+. The maximum atomic E-state index is 12.2. The normalized spacial score (nSPS) is 13.9. The van der Waals surface area contributed by atoms with Gasteiger partial charge in [-0.15, -0.1) is 0 Å². The van der Waals surface area contributed by atoms with Crippen LogP contribution >= 0.6 is 0 Å². The van der Waals surface area contributed by atoms with E-state index in [0.717, 1.165) is 44.9 Å². The molecule has 0 saturated carbocycles. The van der Waals surface area contributed by atoms with Crippen molar-refractivity contribution in [3.05, 3.63) is 48.6 Å². The Morgan fingerprint density at radius 3 is 1.81 bits per heavy atom. The Morgan fingerprint density at radius 1 is 0.649 bits per heavy atom. The van der Waals surface area contributed by atoms with E-state index in [-0.39, 0.29) is 12.5 Å². The van der Waals surface area contributed by atoms with Crippen LogP contribution in [0.5, 0.6) is 0 Å². The van der Waals surface area contributed by atoms with Gasteiger partial charge in [-0.1, -0.05) is 120 Å². The first-order chi connectivity index (χ1) is 18.2. The van der Waals surface area contributed by atoms with E-state index in [4.69, 9.17) is 0 Å². The van der Waals surface area contributed by atoms with Crippen LogP contribution in [0.3, 0.4) is 0 Å². The zero-order chi connectivity index (χ0) is 27.2. The molecule has 214 valence electrons. The molecule has 0 saturated heterocycles. The summed E-state index contributed by atoms with van der Waals surface area (Å²) in [5, 5.41) is 22.6. The van der Waals surface area contributed by atoms with Crippen LogP contribution in [0.25, 0.3) is 0 Å². The van der Waals surface area contributed by atoms with Crippen LogP contribution < -0.4 is 5.32 Å². The van der Waals surface area contributed by atoms with Gasteiger partial charge in [0.25, 0.3) is 0 Å². The Labute approximate surface area is 229 Å². The van der Waals surface area contributed by atoms with E-state index in [1.807, 2.05) is 6.08 Å². The highest BCUT2D eigenvalue weighted by Gasteiger charge is 2.17. The molecule has 4 nitrogen and oxygen atoms in total. The van der Waals surface area contributed by atoms with Crippen molar-refractivity contribution in [3.8, 4) is 0 Å². The lowest BCUT2D eigenvalue weighted by atomic mass is 10.1. The van der Waals surface area contributed by atoms with Gasteiger partial charge in [-0.05, 0) is 57.8 Å². The molecule has 0 rings (SSSR count). The van der Waals surface area contributed by atoms with E-state index in [1.54, 1.807) is 6.08 Å². The minimum atomic E-state index is -0.861. The van der Waals surface area contributed by atoms with E-state index in [2.05, 4.69) is 55.6 Å². The fourth-order valence-corrected chi connectivity index (χ4v) is 4.09. The van der Waals surface area contributed by atoms with Gasteiger partial charge >= 0.3 is 0 Å². The summed E-state index contributed by atoms with van der Waals surface area (Å²) in [7, 11) is 0. The number of unbranched alkanes of at least 4 members (excludes halogenated alkanes) is 13. The highest BCUT2D eigenvalue weighted by Crippen LogP contribution is 2.11. The first-order valence-electron chi connectivity index (χ1n) is 15.4. The average Bonchev–Trinajstić information content (AvgIpc) is 2.90. The van der Waals surface area contributed by atoms with Gasteiger partial charge in [0.2, 0.25) is 5.91 Å². The first kappa shape index (κ1) is 35.4. The second kappa shape index (κ2) is 28.9. The fourth-order valence-electron chi connectivity index (χ4n) is 4.09. The molecule has 0 heterocycles. The summed E-state index contributed by atoms with van der Waals surface area (Å²) in [6.07, 6.45) is 37.6. The molecule has 2 unspecified atom stereocenters. The fraction of sp³-hybridized carbons (Fsp3) is 0.727. The van der Waals surface area contributed by atoms with Crippen LogP contribution in [0, 0.1) is 0 Å². The van der Waals surface area contributed by atoms with Crippen LogP contribution in [0.2, 0.25) is 0 Å². The lowest BCUT2D eigenvalue weighted by molar-refractivity contribution is -0.123. The van der Waals surface area contributed by atoms with Gasteiger partial charge in [0.1, 0.15) is 0 Å². The smallest absolute Gasteiger partial charge is 0.220 e. The summed E-state index contributed by atoms with van der Waals surface area (Å²) in [6.45, 7) is 4.17. The lowest BCUT2D eigenvalue weighted by Crippen LogP contribution is -2.45. The number of hydrogen-bond donors (Lipinski definition) is 3. The lowest BCUT2D eigenvalue weighted by Gasteiger charge is -2.19. The van der Waals surface area contributed by atoms with Gasteiger partial charge in [0.15, 0.2) is 0 Å². The van der Waals surface area contributed by atoms with Gasteiger partial charge in [-0.25, -0.2) is 0 Å². The molecule has 0 aromatic rings. The summed E-state index contributed by atoms with van der Waals surface area (Å²) < 4.78 is 0. The number of carbonyl (C=O) groups excluding carboxylic acids is 1. The molecule has 0 aliphatic heterocycles. The molecule has 0 radical (unpaired) electrons. The molecule has 0 fully saturated rings. The van der Waals surface area contributed by atoms with Crippen molar-refractivity contribution in [2.45, 2.75) is 148 Å². The quantitative estimate of drug-likeness (QED) is 0.0795. The predicted octanol–water partition coefficient (Wildman–Crippen LogP) is 8.50. The molecule has 1 amide bonds. The maximum absolute atomic E-state index is 12.2. The number of rotatable bonds is 26. The zero-order valence-electron chi connectivity index (χ0n) is 24.2. The highest BCUT2D eigenvalue weighted by molar-refractivity contribution is 5.76. The summed E-state index contributed by atoms with van der Waals surface area (Å²) in [5.74, 6) is -0.0899. The monoisotopic (exact) mass is 517 g/mol. The third-order valence-electron chi connectivity index (χ3n) is 6.53. The van der Waals surface area contributed by atoms with Crippen molar-refractivity contribution in [2.75, 3.05) is 6.61 Å². The van der Waals surface area contributed by atoms with Gasteiger partial charge in [0.05, 0.1) is 18.8 Å². The number of hydrogen-bond acceptors (Lipinski definition) is 3. The minimum Gasteiger partial charge on any atom is -0.394 e. The number of carbonyl (C=O) groups is 1. The second-order valence-electron chi connectivity index (χ2n) is 10.2. The topological polar surface area (TPSA) is 69.6 Å². The maximum Gasteiger partial charge on any atom is 0.220 e. The first-order valence-corrected chi connectivity index (χ1v) is 15.4. The Hall–Kier alpha value is -1.65. The van der Waals surface area contributed by atoms with Crippen LogP contribution in [-0.2, 0) is 4.79 Å². The minimum absolute atomic E-state index is 0.0899. The van der Waals surface area contributed by atoms with E-state index in [9.17, 15) is 15.0 Å². The van der Waals surface area contributed by atoms with Gasteiger partial charge in [-0.2, -0.15) is 0 Å². The molecule has 4 heteroatoms. The van der Waals surface area contributed by atoms with Crippen molar-refractivity contribution in [3.63, 3.8) is 0 Å². The van der Waals surface area contributed by atoms with Crippen LogP contribution in [0.15, 0.2) is 48.6 Å². The molecular weight excluding hydrogens is 458 g/mol. The second-order valence-corrected chi connectivity index (χ2v) is 10.2. The molecule has 0 aliphatic carbocycles. The van der Waals surface area contributed by atoms with E-state index in [1.165, 1.54) is 70.6 Å². The Balaban J connectivity index is 3.69. The number of aliphatic hydroxyl groups excluding tert-OH is 2. The third kappa shape index (κ3) is 25.8. The van der Waals surface area contributed by atoms with Gasteiger partial charge in [-0.3, -0.25) is 4.79 Å². The highest BCUT2D eigenvalue weighted by atomic mass is 16.3. The molecule has 0 spiro atoms. The SMILES string of the molecule is CCCC/C=C/CC/C=C/C(O)C(CO)NC(=O)CCCCCCCCC/C=C\C/C=C\CCCCC. The van der Waals surface area contributed by atoms with Crippen molar-refractivity contribution in [1.82, 2.24) is 5.32 Å². The van der Waals surface area contributed by atoms with E-state index in [0.29, 0.717) is 6.42 Å². The molecule has 0 aliphatic rings. The number of nitrogens with one attached hydrogen (secondary N) is 1. The Morgan fingerprint density at radius 2 is 1.16 bits per heavy atom. The summed E-state index contributed by atoms with van der Waals surface area (Å²) in [6, 6.07) is -0.639. The molecule has 0 aromatic heterocycles. The largest absolute Gasteiger partial charge is 0.394 e.